The molecule has 1 aliphatic carbocycles. The summed E-state index contributed by atoms with van der Waals surface area (Å²) in [5, 5.41) is 6.06. The van der Waals surface area contributed by atoms with Crippen molar-refractivity contribution in [2.75, 3.05) is 27.2 Å². The maximum absolute atomic E-state index is 11.3. The van der Waals surface area contributed by atoms with Crippen LogP contribution in [0, 0.1) is 0 Å². The van der Waals surface area contributed by atoms with Crippen molar-refractivity contribution in [3.8, 4) is 0 Å². The van der Waals surface area contributed by atoms with E-state index >= 15 is 0 Å². The molecule has 0 radical (unpaired) electrons. The highest BCUT2D eigenvalue weighted by Gasteiger charge is 2.13. The molecule has 0 atom stereocenters. The lowest BCUT2D eigenvalue weighted by atomic mass is 9.96. The van der Waals surface area contributed by atoms with Crippen molar-refractivity contribution in [2.24, 2.45) is 10.8 Å². The lowest BCUT2D eigenvalue weighted by Gasteiger charge is -2.24. The molecule has 5 N–H and O–H groups in total. The first-order valence-electron chi connectivity index (χ1n) is 6.86. The van der Waals surface area contributed by atoms with E-state index in [1.807, 2.05) is 0 Å². The van der Waals surface area contributed by atoms with Crippen LogP contribution in [0.3, 0.4) is 0 Å². The monoisotopic (exact) mass is 270 g/mol. The summed E-state index contributed by atoms with van der Waals surface area (Å²) in [5.41, 5.74) is 2.58. The fourth-order valence-corrected chi connectivity index (χ4v) is 2.06. The van der Waals surface area contributed by atoms with Gasteiger partial charge < -0.3 is 15.5 Å². The second-order valence-electron chi connectivity index (χ2n) is 4.98. The first kappa shape index (κ1) is 15.6. The van der Waals surface area contributed by atoms with E-state index in [0.29, 0.717) is 25.1 Å². The van der Waals surface area contributed by atoms with E-state index in [2.05, 4.69) is 21.1 Å². The molecule has 7 nitrogen and oxygen atoms in total. The van der Waals surface area contributed by atoms with Crippen LogP contribution >= 0.6 is 0 Å². The Labute approximate surface area is 115 Å². The Kier molecular flexibility index (Phi) is 7.02. The van der Waals surface area contributed by atoms with Crippen LogP contribution in [0.25, 0.3) is 0 Å². The molecule has 0 spiro atoms. The number of hydrazine groups is 1. The van der Waals surface area contributed by atoms with Gasteiger partial charge in [0.25, 0.3) is 0 Å². The van der Waals surface area contributed by atoms with E-state index in [1.54, 1.807) is 14.1 Å². The van der Waals surface area contributed by atoms with Gasteiger partial charge in [-0.2, -0.15) is 0 Å². The third-order valence-corrected chi connectivity index (χ3v) is 3.15. The summed E-state index contributed by atoms with van der Waals surface area (Å²) in [6, 6.07) is 0.345. The standard InChI is InChI=1S/C12H26N6O/c1-18(2)12(19)15-9-8-14-11(17-13)16-10-6-4-3-5-7-10/h10H,3-9,13H2,1-2H3,(H,15,19)(H2,14,16,17). The fourth-order valence-electron chi connectivity index (χ4n) is 2.06. The van der Waals surface area contributed by atoms with E-state index in [0.717, 1.165) is 12.8 Å². The molecule has 19 heavy (non-hydrogen) atoms. The lowest BCUT2D eigenvalue weighted by Crippen LogP contribution is -2.47. The number of guanidine groups is 1. The fraction of sp³-hybridized carbons (Fsp3) is 0.833. The molecule has 0 aromatic rings. The molecule has 1 fully saturated rings. The van der Waals surface area contributed by atoms with Crippen molar-refractivity contribution in [3.63, 3.8) is 0 Å². The number of nitrogens with zero attached hydrogens (tertiary/aromatic N) is 2. The van der Waals surface area contributed by atoms with E-state index in [-0.39, 0.29) is 6.03 Å². The van der Waals surface area contributed by atoms with E-state index in [9.17, 15) is 4.79 Å². The van der Waals surface area contributed by atoms with Crippen LogP contribution in [0.1, 0.15) is 32.1 Å². The zero-order valence-electron chi connectivity index (χ0n) is 11.9. The summed E-state index contributed by atoms with van der Waals surface area (Å²) >= 11 is 0. The van der Waals surface area contributed by atoms with Gasteiger partial charge in [-0.25, -0.2) is 10.6 Å². The molecule has 2 amide bonds. The smallest absolute Gasteiger partial charge is 0.316 e. The number of carbonyl (C=O) groups is 1. The highest BCUT2D eigenvalue weighted by Crippen LogP contribution is 2.16. The molecule has 0 bridgehead atoms. The van der Waals surface area contributed by atoms with Gasteiger partial charge in [-0.05, 0) is 12.8 Å². The first-order valence-corrected chi connectivity index (χ1v) is 6.86. The van der Waals surface area contributed by atoms with Crippen molar-refractivity contribution in [2.45, 2.75) is 38.1 Å². The SMILES string of the molecule is CN(C)C(=O)NCCN=C(NN)NC1CCCCC1. The molecule has 0 aromatic carbocycles. The third kappa shape index (κ3) is 6.28. The van der Waals surface area contributed by atoms with Gasteiger partial charge in [-0.15, -0.1) is 0 Å². The molecule has 0 unspecified atom stereocenters. The Morgan fingerprint density at radius 2 is 2.00 bits per heavy atom. The van der Waals surface area contributed by atoms with Crippen LogP contribution in [-0.2, 0) is 0 Å². The maximum Gasteiger partial charge on any atom is 0.316 e. The van der Waals surface area contributed by atoms with Gasteiger partial charge in [0.15, 0.2) is 0 Å². The summed E-state index contributed by atoms with van der Waals surface area (Å²) < 4.78 is 0. The van der Waals surface area contributed by atoms with Crippen LogP contribution in [0.15, 0.2) is 4.99 Å². The Morgan fingerprint density at radius 3 is 2.58 bits per heavy atom. The summed E-state index contributed by atoms with van der Waals surface area (Å²) in [5.74, 6) is 6.04. The lowest BCUT2D eigenvalue weighted by molar-refractivity contribution is 0.218. The van der Waals surface area contributed by atoms with Gasteiger partial charge in [-0.1, -0.05) is 19.3 Å². The van der Waals surface area contributed by atoms with Gasteiger partial charge in [0.05, 0.1) is 6.54 Å². The minimum absolute atomic E-state index is 0.113. The predicted molar refractivity (Wildman–Crippen MR) is 76.7 cm³/mol. The van der Waals surface area contributed by atoms with Crippen molar-refractivity contribution in [1.29, 1.82) is 0 Å². The topological polar surface area (TPSA) is 94.8 Å². The average Bonchev–Trinajstić information content (AvgIpc) is 2.42. The Morgan fingerprint density at radius 1 is 1.32 bits per heavy atom. The van der Waals surface area contributed by atoms with Gasteiger partial charge in [0, 0.05) is 26.7 Å². The highest BCUT2D eigenvalue weighted by molar-refractivity contribution is 5.79. The van der Waals surface area contributed by atoms with Crippen LogP contribution in [-0.4, -0.2) is 50.1 Å². The van der Waals surface area contributed by atoms with Gasteiger partial charge in [0.2, 0.25) is 5.96 Å². The van der Waals surface area contributed by atoms with Crippen molar-refractivity contribution in [1.82, 2.24) is 21.0 Å². The van der Waals surface area contributed by atoms with Crippen LogP contribution in [0.4, 0.5) is 4.79 Å². The number of urea groups is 1. The normalized spacial score (nSPS) is 16.9. The second-order valence-corrected chi connectivity index (χ2v) is 4.98. The number of aliphatic imine (C=N–C) groups is 1. The molecular formula is C12H26N6O. The zero-order valence-corrected chi connectivity index (χ0v) is 11.9. The average molecular weight is 270 g/mol. The Balaban J connectivity index is 2.25. The molecule has 0 saturated heterocycles. The second kappa shape index (κ2) is 8.58. The number of amides is 2. The maximum atomic E-state index is 11.3. The first-order chi connectivity index (χ1) is 9.13. The number of hydrogen-bond acceptors (Lipinski definition) is 3. The van der Waals surface area contributed by atoms with Crippen molar-refractivity contribution < 1.29 is 4.79 Å². The largest absolute Gasteiger partial charge is 0.353 e. The van der Waals surface area contributed by atoms with Crippen LogP contribution in [0.2, 0.25) is 0 Å². The molecule has 110 valence electrons. The predicted octanol–water partition coefficient (Wildman–Crippen LogP) is -0.000800. The van der Waals surface area contributed by atoms with Gasteiger partial charge >= 0.3 is 6.03 Å². The molecule has 1 saturated carbocycles. The van der Waals surface area contributed by atoms with E-state index in [1.165, 1.54) is 24.2 Å². The quantitative estimate of drug-likeness (QED) is 0.190. The van der Waals surface area contributed by atoms with E-state index < -0.39 is 0 Å². The molecule has 1 aliphatic rings. The van der Waals surface area contributed by atoms with Gasteiger partial charge in [-0.3, -0.25) is 10.4 Å². The minimum atomic E-state index is -0.113. The molecule has 0 aromatic heterocycles. The summed E-state index contributed by atoms with van der Waals surface area (Å²) in [6.07, 6.45) is 6.16. The Hall–Kier alpha value is -1.50. The Bertz CT molecular complexity index is 299. The number of hydrogen-bond donors (Lipinski definition) is 4. The third-order valence-electron chi connectivity index (χ3n) is 3.15. The van der Waals surface area contributed by atoms with Gasteiger partial charge in [0.1, 0.15) is 0 Å². The summed E-state index contributed by atoms with van der Waals surface area (Å²) in [7, 11) is 3.41. The van der Waals surface area contributed by atoms with Crippen molar-refractivity contribution in [3.05, 3.63) is 0 Å². The number of nitrogens with two attached hydrogens (primary N) is 1. The number of nitrogens with one attached hydrogen (secondary N) is 3. The highest BCUT2D eigenvalue weighted by atomic mass is 16.2. The van der Waals surface area contributed by atoms with Crippen LogP contribution in [0.5, 0.6) is 0 Å². The summed E-state index contributed by atoms with van der Waals surface area (Å²) in [6.45, 7) is 0.993. The molecular weight excluding hydrogens is 244 g/mol. The zero-order chi connectivity index (χ0) is 14.1. The molecule has 1 rings (SSSR count). The van der Waals surface area contributed by atoms with Crippen molar-refractivity contribution >= 4 is 12.0 Å². The van der Waals surface area contributed by atoms with E-state index in [4.69, 9.17) is 5.84 Å². The molecule has 7 heteroatoms. The number of rotatable bonds is 4. The minimum Gasteiger partial charge on any atom is -0.353 e. The summed E-state index contributed by atoms with van der Waals surface area (Å²) in [4.78, 5) is 17.1. The molecule has 0 aliphatic heterocycles. The molecule has 0 heterocycles. The number of carbonyl (C=O) groups excluding carboxylic acids is 1. The van der Waals surface area contributed by atoms with Crippen LogP contribution < -0.4 is 21.9 Å².